The maximum atomic E-state index is 12.7. The van der Waals surface area contributed by atoms with Crippen molar-refractivity contribution in [3.05, 3.63) is 78.1 Å². The summed E-state index contributed by atoms with van der Waals surface area (Å²) in [5, 5.41) is 14.5. The Kier molecular flexibility index (Phi) is 6.23. The van der Waals surface area contributed by atoms with E-state index < -0.39 is 0 Å². The molecule has 1 atom stereocenters. The lowest BCUT2D eigenvalue weighted by Gasteiger charge is -2.16. The second-order valence-electron chi connectivity index (χ2n) is 7.21. The molecule has 0 aliphatic carbocycles. The van der Waals surface area contributed by atoms with Crippen molar-refractivity contribution >= 4 is 28.4 Å². The topological polar surface area (TPSA) is 69.0 Å². The Labute approximate surface area is 185 Å². The number of nitrogens with one attached hydrogen (secondary N) is 1. The van der Waals surface area contributed by atoms with Crippen LogP contribution in [0, 0.1) is 6.92 Å². The van der Waals surface area contributed by atoms with Crippen molar-refractivity contribution in [3.63, 3.8) is 0 Å². The van der Waals surface area contributed by atoms with Crippen LogP contribution >= 0.6 is 11.8 Å². The second kappa shape index (κ2) is 9.22. The average Bonchev–Trinajstić information content (AvgIpc) is 3.17. The molecule has 4 rings (SSSR count). The third-order valence-electron chi connectivity index (χ3n) is 5.13. The van der Waals surface area contributed by atoms with E-state index in [-0.39, 0.29) is 17.7 Å². The van der Waals surface area contributed by atoms with Gasteiger partial charge in [-0.2, -0.15) is 0 Å². The fraction of sp³-hybridized carbons (Fsp3) is 0.208. The van der Waals surface area contributed by atoms with Gasteiger partial charge < -0.3 is 10.1 Å². The minimum atomic E-state index is -0.0969. The van der Waals surface area contributed by atoms with Crippen molar-refractivity contribution in [1.82, 2.24) is 20.1 Å². The van der Waals surface area contributed by atoms with Crippen LogP contribution in [0.4, 0.5) is 0 Å². The SMILES string of the molecule is COc1ccc(-n2c(C)nnc2SCC(=O)NC(C)c2cccc3ccccc23)cc1. The number of ether oxygens (including phenoxy) is 1. The summed E-state index contributed by atoms with van der Waals surface area (Å²) in [6.07, 6.45) is 0. The highest BCUT2D eigenvalue weighted by Crippen LogP contribution is 2.26. The molecule has 1 amide bonds. The molecule has 0 saturated carbocycles. The van der Waals surface area contributed by atoms with Gasteiger partial charge in [0, 0.05) is 5.69 Å². The van der Waals surface area contributed by atoms with Crippen LogP contribution < -0.4 is 10.1 Å². The predicted octanol–water partition coefficient (Wildman–Crippen LogP) is 4.71. The maximum Gasteiger partial charge on any atom is 0.230 e. The number of amides is 1. The predicted molar refractivity (Wildman–Crippen MR) is 124 cm³/mol. The standard InChI is InChI=1S/C24H24N4O2S/c1-16(21-10-6-8-18-7-4-5-9-22(18)21)25-23(29)15-31-24-27-26-17(2)28(24)19-11-13-20(30-3)14-12-19/h4-14,16H,15H2,1-3H3,(H,25,29). The van der Waals surface area contributed by atoms with Crippen LogP contribution in [0.2, 0.25) is 0 Å². The zero-order chi connectivity index (χ0) is 21.8. The summed E-state index contributed by atoms with van der Waals surface area (Å²) in [5.41, 5.74) is 2.03. The van der Waals surface area contributed by atoms with Crippen molar-refractivity contribution < 1.29 is 9.53 Å². The molecule has 0 aliphatic rings. The van der Waals surface area contributed by atoms with Crippen LogP contribution in [0.5, 0.6) is 5.75 Å². The highest BCUT2D eigenvalue weighted by Gasteiger charge is 2.16. The molecule has 0 aliphatic heterocycles. The molecule has 158 valence electrons. The van der Waals surface area contributed by atoms with Crippen molar-refractivity contribution in [2.45, 2.75) is 25.0 Å². The first-order chi connectivity index (χ1) is 15.1. The van der Waals surface area contributed by atoms with Gasteiger partial charge in [0.05, 0.1) is 18.9 Å². The Morgan fingerprint density at radius 2 is 1.81 bits per heavy atom. The van der Waals surface area contributed by atoms with E-state index in [1.807, 2.05) is 60.9 Å². The van der Waals surface area contributed by atoms with Crippen LogP contribution in [0.15, 0.2) is 71.9 Å². The lowest BCUT2D eigenvalue weighted by molar-refractivity contribution is -0.119. The highest BCUT2D eigenvalue weighted by atomic mass is 32.2. The molecule has 1 aromatic heterocycles. The van der Waals surface area contributed by atoms with Crippen LogP contribution in [-0.4, -0.2) is 33.5 Å². The van der Waals surface area contributed by atoms with Crippen molar-refractivity contribution in [1.29, 1.82) is 0 Å². The van der Waals surface area contributed by atoms with E-state index in [1.54, 1.807) is 7.11 Å². The summed E-state index contributed by atoms with van der Waals surface area (Å²) in [6.45, 7) is 3.90. The number of hydrogen-bond acceptors (Lipinski definition) is 5. The van der Waals surface area contributed by atoms with Crippen LogP contribution in [-0.2, 0) is 4.79 Å². The summed E-state index contributed by atoms with van der Waals surface area (Å²) in [6, 6.07) is 21.9. The summed E-state index contributed by atoms with van der Waals surface area (Å²) >= 11 is 1.37. The summed E-state index contributed by atoms with van der Waals surface area (Å²) in [4.78, 5) is 12.7. The van der Waals surface area contributed by atoms with Crippen molar-refractivity contribution in [2.75, 3.05) is 12.9 Å². The number of carbonyl (C=O) groups is 1. The van der Waals surface area contributed by atoms with Gasteiger partial charge in [-0.1, -0.05) is 54.2 Å². The molecule has 1 heterocycles. The molecule has 1 N–H and O–H groups in total. The van der Waals surface area contributed by atoms with Crippen molar-refractivity contribution in [3.8, 4) is 11.4 Å². The first-order valence-electron chi connectivity index (χ1n) is 10.0. The van der Waals surface area contributed by atoms with E-state index in [1.165, 1.54) is 17.1 Å². The smallest absolute Gasteiger partial charge is 0.230 e. The molecule has 6 nitrogen and oxygen atoms in total. The minimum absolute atomic E-state index is 0.0487. The van der Waals surface area contributed by atoms with Gasteiger partial charge in [0.2, 0.25) is 5.91 Å². The van der Waals surface area contributed by atoms with Gasteiger partial charge in [-0.05, 0) is 54.4 Å². The Morgan fingerprint density at radius 1 is 1.06 bits per heavy atom. The molecular formula is C24H24N4O2S. The lowest BCUT2D eigenvalue weighted by atomic mass is 10.00. The summed E-state index contributed by atoms with van der Waals surface area (Å²) < 4.78 is 7.16. The zero-order valence-electron chi connectivity index (χ0n) is 17.7. The first-order valence-corrected chi connectivity index (χ1v) is 11.0. The number of aromatic nitrogens is 3. The maximum absolute atomic E-state index is 12.7. The molecule has 31 heavy (non-hydrogen) atoms. The molecule has 1 unspecified atom stereocenters. The number of carbonyl (C=O) groups excluding carboxylic acids is 1. The van der Waals surface area contributed by atoms with E-state index in [2.05, 4.69) is 39.8 Å². The van der Waals surface area contributed by atoms with Gasteiger partial charge in [0.15, 0.2) is 5.16 Å². The monoisotopic (exact) mass is 432 g/mol. The third kappa shape index (κ3) is 4.56. The first kappa shape index (κ1) is 20.9. The molecule has 0 spiro atoms. The Morgan fingerprint density at radius 3 is 2.58 bits per heavy atom. The third-order valence-corrected chi connectivity index (χ3v) is 6.05. The lowest BCUT2D eigenvalue weighted by Crippen LogP contribution is -2.28. The number of nitrogens with zero attached hydrogens (tertiary/aromatic N) is 3. The molecule has 0 bridgehead atoms. The van der Waals surface area contributed by atoms with Crippen LogP contribution in [0.1, 0.15) is 24.4 Å². The minimum Gasteiger partial charge on any atom is -0.497 e. The fourth-order valence-corrected chi connectivity index (χ4v) is 4.39. The Hall–Kier alpha value is -3.32. The molecule has 0 radical (unpaired) electrons. The van der Waals surface area contributed by atoms with Crippen molar-refractivity contribution in [2.24, 2.45) is 0 Å². The van der Waals surface area contributed by atoms with E-state index in [4.69, 9.17) is 4.74 Å². The largest absolute Gasteiger partial charge is 0.497 e. The molecule has 3 aromatic carbocycles. The quantitative estimate of drug-likeness (QED) is 0.429. The van der Waals surface area contributed by atoms with Gasteiger partial charge >= 0.3 is 0 Å². The number of thioether (sulfide) groups is 1. The van der Waals surface area contributed by atoms with Gasteiger partial charge in [-0.25, -0.2) is 0 Å². The molecule has 4 aromatic rings. The van der Waals surface area contributed by atoms with Gasteiger partial charge in [-0.15, -0.1) is 10.2 Å². The number of methoxy groups -OCH3 is 1. The van der Waals surface area contributed by atoms with Gasteiger partial charge in [0.1, 0.15) is 11.6 Å². The number of benzene rings is 3. The second-order valence-corrected chi connectivity index (χ2v) is 8.15. The number of hydrogen-bond donors (Lipinski definition) is 1. The van der Waals surface area contributed by atoms with Crippen LogP contribution in [0.25, 0.3) is 16.5 Å². The summed E-state index contributed by atoms with van der Waals surface area (Å²) in [5.74, 6) is 1.75. The van der Waals surface area contributed by atoms with Gasteiger partial charge in [-0.3, -0.25) is 9.36 Å². The molecule has 7 heteroatoms. The van der Waals surface area contributed by atoms with E-state index in [0.717, 1.165) is 28.2 Å². The number of fused-ring (bicyclic) bond motifs is 1. The number of aryl methyl sites for hydroxylation is 1. The Balaban J connectivity index is 1.44. The average molecular weight is 433 g/mol. The highest BCUT2D eigenvalue weighted by molar-refractivity contribution is 7.99. The zero-order valence-corrected chi connectivity index (χ0v) is 18.5. The fourth-order valence-electron chi connectivity index (χ4n) is 3.58. The normalized spacial score (nSPS) is 12.0. The molecule has 0 fully saturated rings. The Bertz CT molecular complexity index is 1200. The van der Waals surface area contributed by atoms with E-state index >= 15 is 0 Å². The molecular weight excluding hydrogens is 408 g/mol. The summed E-state index contributed by atoms with van der Waals surface area (Å²) in [7, 11) is 1.64. The van der Waals surface area contributed by atoms with Gasteiger partial charge in [0.25, 0.3) is 0 Å². The number of rotatable bonds is 7. The molecule has 0 saturated heterocycles. The van der Waals surface area contributed by atoms with E-state index in [0.29, 0.717) is 5.16 Å². The van der Waals surface area contributed by atoms with Crippen LogP contribution in [0.3, 0.4) is 0 Å². The van der Waals surface area contributed by atoms with E-state index in [9.17, 15) is 4.79 Å².